The van der Waals surface area contributed by atoms with Crippen LogP contribution >= 0.6 is 0 Å². The molecular formula is C17H20F2N4O2. The molecule has 1 saturated carbocycles. The number of para-hydroxylation sites is 2. The summed E-state index contributed by atoms with van der Waals surface area (Å²) in [6, 6.07) is 6.59. The van der Waals surface area contributed by atoms with Crippen molar-refractivity contribution in [1.82, 2.24) is 9.55 Å². The standard InChI is InChI=1S/C17H20F2N4O2/c18-16(19)17-22-10-5-1-2-6-11(10)23(17)14(20)9-15(21)25-13-8-4-3-7-12(13)24/h1-2,5-6,9,12-13,16,20,24H,3-4,7-8,21H2/t12-,13+/m1/s1. The molecule has 2 aromatic rings. The Morgan fingerprint density at radius 2 is 2.08 bits per heavy atom. The number of aromatic nitrogens is 2. The van der Waals surface area contributed by atoms with Gasteiger partial charge in [0.15, 0.2) is 11.7 Å². The van der Waals surface area contributed by atoms with E-state index in [4.69, 9.17) is 15.9 Å². The average Bonchev–Trinajstić information content (AvgIpc) is 2.97. The molecule has 1 aromatic carbocycles. The number of nitrogens with two attached hydrogens (primary N) is 1. The maximum atomic E-state index is 13.3. The number of rotatable bonds is 4. The number of imidazole rings is 1. The Bertz CT molecular complexity index is 803. The van der Waals surface area contributed by atoms with Crippen molar-refractivity contribution in [2.24, 2.45) is 5.73 Å². The SMILES string of the molecule is N=C(C=C(N)O[C@H]1CCCC[C@H]1O)n1c(C(F)F)nc2ccccc21. The van der Waals surface area contributed by atoms with E-state index in [1.165, 1.54) is 6.08 Å². The van der Waals surface area contributed by atoms with Gasteiger partial charge in [0.25, 0.3) is 6.43 Å². The van der Waals surface area contributed by atoms with Crippen LogP contribution in [0.3, 0.4) is 0 Å². The van der Waals surface area contributed by atoms with Gasteiger partial charge in [0.05, 0.1) is 17.1 Å². The minimum atomic E-state index is -2.83. The van der Waals surface area contributed by atoms with Gasteiger partial charge in [-0.2, -0.15) is 0 Å². The summed E-state index contributed by atoms with van der Waals surface area (Å²) in [5.41, 5.74) is 6.58. The van der Waals surface area contributed by atoms with Crippen molar-refractivity contribution in [2.75, 3.05) is 0 Å². The first-order chi connectivity index (χ1) is 12.0. The fourth-order valence-corrected chi connectivity index (χ4v) is 3.07. The first-order valence-electron chi connectivity index (χ1n) is 8.13. The molecule has 0 amide bonds. The second-order valence-electron chi connectivity index (χ2n) is 6.03. The predicted molar refractivity (Wildman–Crippen MR) is 89.4 cm³/mol. The van der Waals surface area contributed by atoms with Crippen LogP contribution in [-0.2, 0) is 4.74 Å². The van der Waals surface area contributed by atoms with Gasteiger partial charge in [0.1, 0.15) is 11.9 Å². The number of hydrogen-bond acceptors (Lipinski definition) is 5. The summed E-state index contributed by atoms with van der Waals surface area (Å²) in [5.74, 6) is -0.881. The molecule has 1 fully saturated rings. The highest BCUT2D eigenvalue weighted by molar-refractivity contribution is 5.99. The molecule has 3 rings (SSSR count). The number of nitrogens with zero attached hydrogens (tertiary/aromatic N) is 2. The number of alkyl halides is 2. The molecule has 6 nitrogen and oxygen atoms in total. The Kier molecular flexibility index (Phi) is 4.98. The Hall–Kier alpha value is -2.48. The molecule has 4 N–H and O–H groups in total. The highest BCUT2D eigenvalue weighted by atomic mass is 19.3. The van der Waals surface area contributed by atoms with Gasteiger partial charge in [-0.05, 0) is 31.4 Å². The van der Waals surface area contributed by atoms with Crippen LogP contribution in [0.1, 0.15) is 37.9 Å². The number of aliphatic hydroxyl groups excluding tert-OH is 1. The molecule has 0 saturated heterocycles. The lowest BCUT2D eigenvalue weighted by molar-refractivity contribution is -0.0297. The van der Waals surface area contributed by atoms with Gasteiger partial charge in [-0.1, -0.05) is 18.6 Å². The van der Waals surface area contributed by atoms with Crippen molar-refractivity contribution in [3.63, 3.8) is 0 Å². The van der Waals surface area contributed by atoms with Crippen LogP contribution in [0.2, 0.25) is 0 Å². The lowest BCUT2D eigenvalue weighted by Gasteiger charge is -2.28. The van der Waals surface area contributed by atoms with Crippen molar-refractivity contribution >= 4 is 16.9 Å². The predicted octanol–water partition coefficient (Wildman–Crippen LogP) is 2.92. The van der Waals surface area contributed by atoms with E-state index in [0.717, 1.165) is 17.4 Å². The summed E-state index contributed by atoms with van der Waals surface area (Å²) in [4.78, 5) is 3.89. The largest absolute Gasteiger partial charge is 0.473 e. The van der Waals surface area contributed by atoms with Crippen LogP contribution in [0.25, 0.3) is 11.0 Å². The quantitative estimate of drug-likeness (QED) is 0.449. The Morgan fingerprint density at radius 1 is 1.36 bits per heavy atom. The van der Waals surface area contributed by atoms with Gasteiger partial charge in [-0.3, -0.25) is 9.98 Å². The fourth-order valence-electron chi connectivity index (χ4n) is 3.07. The Balaban J connectivity index is 1.87. The number of nitrogens with one attached hydrogen (secondary N) is 1. The Labute approximate surface area is 143 Å². The number of benzene rings is 1. The topological polar surface area (TPSA) is 97.2 Å². The number of aliphatic hydroxyl groups is 1. The van der Waals surface area contributed by atoms with E-state index >= 15 is 0 Å². The first kappa shape index (κ1) is 17.3. The first-order valence-corrected chi connectivity index (χ1v) is 8.13. The van der Waals surface area contributed by atoms with Crippen LogP contribution in [-0.4, -0.2) is 32.7 Å². The van der Waals surface area contributed by atoms with Crippen LogP contribution in [0.15, 0.2) is 36.2 Å². The number of halogens is 2. The van der Waals surface area contributed by atoms with Gasteiger partial charge in [-0.25, -0.2) is 13.8 Å². The van der Waals surface area contributed by atoms with Gasteiger partial charge in [0.2, 0.25) is 0 Å². The van der Waals surface area contributed by atoms with Crippen LogP contribution in [0, 0.1) is 5.41 Å². The van der Waals surface area contributed by atoms with E-state index < -0.39 is 24.5 Å². The molecular weight excluding hydrogens is 330 g/mol. The molecule has 0 unspecified atom stereocenters. The minimum absolute atomic E-state index is 0.0889. The van der Waals surface area contributed by atoms with Crippen molar-refractivity contribution in [2.45, 2.75) is 44.3 Å². The van der Waals surface area contributed by atoms with E-state index in [9.17, 15) is 13.9 Å². The second kappa shape index (κ2) is 7.18. The van der Waals surface area contributed by atoms with E-state index in [0.29, 0.717) is 23.9 Å². The summed E-state index contributed by atoms with van der Waals surface area (Å²) >= 11 is 0. The third-order valence-electron chi connectivity index (χ3n) is 4.26. The molecule has 1 aliphatic rings. The molecule has 1 aliphatic carbocycles. The van der Waals surface area contributed by atoms with Crippen LogP contribution < -0.4 is 5.73 Å². The van der Waals surface area contributed by atoms with E-state index in [-0.39, 0.29) is 11.7 Å². The van der Waals surface area contributed by atoms with Crippen molar-refractivity contribution in [3.05, 3.63) is 42.0 Å². The van der Waals surface area contributed by atoms with E-state index in [1.807, 2.05) is 0 Å². The Morgan fingerprint density at radius 3 is 2.80 bits per heavy atom. The highest BCUT2D eigenvalue weighted by Gasteiger charge is 2.25. The number of allylic oxidation sites excluding steroid dienone is 1. The number of fused-ring (bicyclic) bond motifs is 1. The monoisotopic (exact) mass is 350 g/mol. The smallest absolute Gasteiger partial charge is 0.296 e. The van der Waals surface area contributed by atoms with Gasteiger partial charge in [-0.15, -0.1) is 0 Å². The highest BCUT2D eigenvalue weighted by Crippen LogP contribution is 2.25. The fraction of sp³-hybridized carbons (Fsp3) is 0.412. The molecule has 1 aromatic heterocycles. The molecule has 0 bridgehead atoms. The lowest BCUT2D eigenvalue weighted by Crippen LogP contribution is -2.33. The molecule has 2 atom stereocenters. The third kappa shape index (κ3) is 3.63. The summed E-state index contributed by atoms with van der Waals surface area (Å²) in [6.07, 6.45) is 0.446. The lowest BCUT2D eigenvalue weighted by atomic mass is 9.95. The maximum Gasteiger partial charge on any atom is 0.296 e. The molecule has 134 valence electrons. The molecule has 1 heterocycles. The summed E-state index contributed by atoms with van der Waals surface area (Å²) < 4.78 is 33.1. The summed E-state index contributed by atoms with van der Waals surface area (Å²) in [7, 11) is 0. The summed E-state index contributed by atoms with van der Waals surface area (Å²) in [6.45, 7) is 0. The normalized spacial score (nSPS) is 21.7. The van der Waals surface area contributed by atoms with Gasteiger partial charge < -0.3 is 15.6 Å². The maximum absolute atomic E-state index is 13.3. The second-order valence-corrected chi connectivity index (χ2v) is 6.03. The molecule has 0 aliphatic heterocycles. The van der Waals surface area contributed by atoms with Crippen LogP contribution in [0.4, 0.5) is 8.78 Å². The van der Waals surface area contributed by atoms with Crippen molar-refractivity contribution in [1.29, 1.82) is 5.41 Å². The number of ether oxygens (including phenoxy) is 1. The average molecular weight is 350 g/mol. The summed E-state index contributed by atoms with van der Waals surface area (Å²) in [5, 5.41) is 18.1. The molecule has 25 heavy (non-hydrogen) atoms. The molecule has 8 heteroatoms. The molecule has 0 spiro atoms. The van der Waals surface area contributed by atoms with Crippen molar-refractivity contribution < 1.29 is 18.6 Å². The minimum Gasteiger partial charge on any atom is -0.473 e. The van der Waals surface area contributed by atoms with E-state index in [1.54, 1.807) is 24.3 Å². The van der Waals surface area contributed by atoms with Crippen LogP contribution in [0.5, 0.6) is 0 Å². The van der Waals surface area contributed by atoms with Crippen molar-refractivity contribution in [3.8, 4) is 0 Å². The zero-order valence-corrected chi connectivity index (χ0v) is 13.5. The third-order valence-corrected chi connectivity index (χ3v) is 4.26. The zero-order valence-electron chi connectivity index (χ0n) is 13.5. The zero-order chi connectivity index (χ0) is 18.0. The number of hydrogen-bond donors (Lipinski definition) is 3. The van der Waals surface area contributed by atoms with E-state index in [2.05, 4.69) is 4.98 Å². The molecule has 0 radical (unpaired) electrons. The van der Waals surface area contributed by atoms with Gasteiger partial charge in [0, 0.05) is 6.08 Å². The van der Waals surface area contributed by atoms with Gasteiger partial charge >= 0.3 is 0 Å².